The molecule has 0 unspecified atom stereocenters. The lowest BCUT2D eigenvalue weighted by Crippen LogP contribution is -2.35. The van der Waals surface area contributed by atoms with Crippen molar-refractivity contribution in [1.29, 1.82) is 0 Å². The van der Waals surface area contributed by atoms with Crippen molar-refractivity contribution in [2.24, 2.45) is 5.92 Å². The number of halogens is 1. The second-order valence-electron chi connectivity index (χ2n) is 5.87. The van der Waals surface area contributed by atoms with Gasteiger partial charge in [0, 0.05) is 30.3 Å². The molecule has 3 rings (SSSR count). The molecule has 0 bridgehead atoms. The lowest BCUT2D eigenvalue weighted by atomic mass is 10.1. The fourth-order valence-electron chi connectivity index (χ4n) is 2.82. The van der Waals surface area contributed by atoms with Gasteiger partial charge in [0.25, 0.3) is 0 Å². The number of carbonyl (C=O) groups excluding carboxylic acids is 1. The first-order valence-corrected chi connectivity index (χ1v) is 8.13. The van der Waals surface area contributed by atoms with E-state index in [-0.39, 0.29) is 11.9 Å². The third kappa shape index (κ3) is 3.82. The molecule has 0 radical (unpaired) electrons. The molecule has 122 valence electrons. The Kier molecular flexibility index (Phi) is 4.81. The number of hydrogen-bond donors (Lipinski definition) is 1. The first-order chi connectivity index (χ1) is 11.1. The molecule has 6 nitrogen and oxygen atoms in total. The lowest BCUT2D eigenvalue weighted by Gasteiger charge is -2.19. The summed E-state index contributed by atoms with van der Waals surface area (Å²) in [7, 11) is 0. The van der Waals surface area contributed by atoms with E-state index in [1.807, 2.05) is 31.2 Å². The zero-order chi connectivity index (χ0) is 16.2. The number of hydrogen-bond acceptors (Lipinski definition) is 4. The van der Waals surface area contributed by atoms with E-state index in [1.54, 1.807) is 11.0 Å². The molecule has 0 spiro atoms. The number of nitrogens with one attached hydrogen (secondary N) is 1. The van der Waals surface area contributed by atoms with Crippen LogP contribution in [0.5, 0.6) is 0 Å². The minimum absolute atomic E-state index is 0.0274. The van der Waals surface area contributed by atoms with E-state index >= 15 is 0 Å². The standard InChI is InChI=1S/C16H20ClN5O/c1-12(22-11-18-10-20-22)16(23)19-8-13-6-7-21(9-13)15-4-2-14(17)3-5-15/h2-5,10-13H,6-9H2,1H3,(H,19,23)/t12-,13-/m1/s1. The fourth-order valence-corrected chi connectivity index (χ4v) is 2.94. The van der Waals surface area contributed by atoms with Gasteiger partial charge in [0.05, 0.1) is 0 Å². The maximum Gasteiger partial charge on any atom is 0.244 e. The molecular formula is C16H20ClN5O. The Hall–Kier alpha value is -2.08. The molecule has 1 aliphatic rings. The van der Waals surface area contributed by atoms with E-state index in [0.29, 0.717) is 12.5 Å². The molecule has 2 atom stereocenters. The van der Waals surface area contributed by atoms with Crippen LogP contribution in [0.15, 0.2) is 36.9 Å². The maximum absolute atomic E-state index is 12.2. The monoisotopic (exact) mass is 333 g/mol. The van der Waals surface area contributed by atoms with Gasteiger partial charge < -0.3 is 10.2 Å². The summed E-state index contributed by atoms with van der Waals surface area (Å²) in [6.45, 7) is 4.45. The molecule has 0 aliphatic carbocycles. The highest BCUT2D eigenvalue weighted by Gasteiger charge is 2.24. The van der Waals surface area contributed by atoms with E-state index in [1.165, 1.54) is 12.0 Å². The smallest absolute Gasteiger partial charge is 0.244 e. The molecule has 1 aliphatic heterocycles. The molecule has 1 aromatic heterocycles. The van der Waals surface area contributed by atoms with Gasteiger partial charge >= 0.3 is 0 Å². The van der Waals surface area contributed by atoms with Crippen LogP contribution in [0, 0.1) is 5.92 Å². The molecule has 1 saturated heterocycles. The molecular weight excluding hydrogens is 314 g/mol. The zero-order valence-electron chi connectivity index (χ0n) is 13.0. The van der Waals surface area contributed by atoms with Gasteiger partial charge in [-0.2, -0.15) is 5.10 Å². The first-order valence-electron chi connectivity index (χ1n) is 7.76. The van der Waals surface area contributed by atoms with Crippen LogP contribution in [0.25, 0.3) is 0 Å². The van der Waals surface area contributed by atoms with Gasteiger partial charge in [-0.3, -0.25) is 4.79 Å². The van der Waals surface area contributed by atoms with Crippen LogP contribution >= 0.6 is 11.6 Å². The molecule has 1 N–H and O–H groups in total. The molecule has 0 saturated carbocycles. The molecule has 2 heterocycles. The van der Waals surface area contributed by atoms with Crippen molar-refractivity contribution >= 4 is 23.2 Å². The number of amides is 1. The van der Waals surface area contributed by atoms with Gasteiger partial charge in [-0.15, -0.1) is 0 Å². The Labute approximate surface area is 140 Å². The number of benzene rings is 1. The lowest BCUT2D eigenvalue weighted by molar-refractivity contribution is -0.124. The number of nitrogens with zero attached hydrogens (tertiary/aromatic N) is 4. The number of rotatable bonds is 5. The average Bonchev–Trinajstić information content (AvgIpc) is 3.24. The van der Waals surface area contributed by atoms with Crippen LogP contribution in [0.4, 0.5) is 5.69 Å². The van der Waals surface area contributed by atoms with Gasteiger partial charge in [0.15, 0.2) is 0 Å². The highest BCUT2D eigenvalue weighted by atomic mass is 35.5. The summed E-state index contributed by atoms with van der Waals surface area (Å²) in [5.74, 6) is 0.429. The van der Waals surface area contributed by atoms with Crippen LogP contribution < -0.4 is 10.2 Å². The highest BCUT2D eigenvalue weighted by Crippen LogP contribution is 2.24. The largest absolute Gasteiger partial charge is 0.371 e. The second-order valence-corrected chi connectivity index (χ2v) is 6.31. The van der Waals surface area contributed by atoms with Gasteiger partial charge in [-0.1, -0.05) is 11.6 Å². The Morgan fingerprint density at radius 2 is 2.22 bits per heavy atom. The SMILES string of the molecule is C[C@H](C(=O)NC[C@H]1CCN(c2ccc(Cl)cc2)C1)n1cncn1. The van der Waals surface area contributed by atoms with Gasteiger partial charge in [-0.25, -0.2) is 9.67 Å². The quantitative estimate of drug-likeness (QED) is 0.910. The van der Waals surface area contributed by atoms with Crippen LogP contribution in [-0.2, 0) is 4.79 Å². The van der Waals surface area contributed by atoms with Crippen molar-refractivity contribution in [2.75, 3.05) is 24.5 Å². The number of aromatic nitrogens is 3. The minimum Gasteiger partial charge on any atom is -0.371 e. The maximum atomic E-state index is 12.2. The predicted molar refractivity (Wildman–Crippen MR) is 89.5 cm³/mol. The summed E-state index contributed by atoms with van der Waals surface area (Å²) in [6, 6.07) is 7.55. The van der Waals surface area contributed by atoms with E-state index < -0.39 is 0 Å². The minimum atomic E-state index is -0.341. The van der Waals surface area contributed by atoms with Crippen LogP contribution in [-0.4, -0.2) is 40.3 Å². The van der Waals surface area contributed by atoms with E-state index in [0.717, 1.165) is 24.5 Å². The summed E-state index contributed by atoms with van der Waals surface area (Å²) in [6.07, 6.45) is 4.06. The molecule has 1 aromatic carbocycles. The zero-order valence-corrected chi connectivity index (χ0v) is 13.8. The predicted octanol–water partition coefficient (Wildman–Crippen LogP) is 2.14. The van der Waals surface area contributed by atoms with E-state index in [9.17, 15) is 4.79 Å². The summed E-state index contributed by atoms with van der Waals surface area (Å²) in [4.78, 5) is 18.4. The third-order valence-electron chi connectivity index (χ3n) is 4.26. The van der Waals surface area contributed by atoms with E-state index in [4.69, 9.17) is 11.6 Å². The van der Waals surface area contributed by atoms with Crippen LogP contribution in [0.1, 0.15) is 19.4 Å². The van der Waals surface area contributed by atoms with Crippen molar-refractivity contribution in [3.05, 3.63) is 41.9 Å². The van der Waals surface area contributed by atoms with Gasteiger partial charge in [0.1, 0.15) is 18.7 Å². The first kappa shape index (κ1) is 15.8. The fraction of sp³-hybridized carbons (Fsp3) is 0.438. The van der Waals surface area contributed by atoms with Crippen molar-refractivity contribution in [3.8, 4) is 0 Å². The Balaban J connectivity index is 1.48. The number of anilines is 1. The van der Waals surface area contributed by atoms with Crippen molar-refractivity contribution < 1.29 is 4.79 Å². The van der Waals surface area contributed by atoms with E-state index in [2.05, 4.69) is 20.3 Å². The second kappa shape index (κ2) is 7.00. The summed E-state index contributed by atoms with van der Waals surface area (Å²) >= 11 is 5.93. The Bertz CT molecular complexity index is 643. The normalized spacial score (nSPS) is 18.9. The molecule has 23 heavy (non-hydrogen) atoms. The van der Waals surface area contributed by atoms with Crippen LogP contribution in [0.3, 0.4) is 0 Å². The molecule has 1 amide bonds. The Morgan fingerprint density at radius 3 is 2.91 bits per heavy atom. The molecule has 2 aromatic rings. The summed E-state index contributed by atoms with van der Waals surface area (Å²) in [5, 5.41) is 7.77. The molecule has 1 fully saturated rings. The Morgan fingerprint density at radius 1 is 1.43 bits per heavy atom. The third-order valence-corrected chi connectivity index (χ3v) is 4.51. The average molecular weight is 334 g/mol. The van der Waals surface area contributed by atoms with Gasteiger partial charge in [0.2, 0.25) is 5.91 Å². The van der Waals surface area contributed by atoms with Crippen molar-refractivity contribution in [3.63, 3.8) is 0 Å². The highest BCUT2D eigenvalue weighted by molar-refractivity contribution is 6.30. The van der Waals surface area contributed by atoms with Gasteiger partial charge in [-0.05, 0) is 43.5 Å². The van der Waals surface area contributed by atoms with Crippen molar-refractivity contribution in [2.45, 2.75) is 19.4 Å². The summed E-state index contributed by atoms with van der Waals surface area (Å²) in [5.41, 5.74) is 1.18. The van der Waals surface area contributed by atoms with Crippen molar-refractivity contribution in [1.82, 2.24) is 20.1 Å². The molecule has 7 heteroatoms. The topological polar surface area (TPSA) is 63.1 Å². The number of carbonyl (C=O) groups is 1. The van der Waals surface area contributed by atoms with Crippen LogP contribution in [0.2, 0.25) is 5.02 Å². The summed E-state index contributed by atoms with van der Waals surface area (Å²) < 4.78 is 1.56.